The predicted octanol–water partition coefficient (Wildman–Crippen LogP) is 3.69. The predicted molar refractivity (Wildman–Crippen MR) is 117 cm³/mol. The Labute approximate surface area is 176 Å². The van der Waals surface area contributed by atoms with E-state index in [9.17, 15) is 9.18 Å². The van der Waals surface area contributed by atoms with E-state index in [1.54, 1.807) is 12.1 Å². The van der Waals surface area contributed by atoms with Crippen molar-refractivity contribution in [3.8, 4) is 0 Å². The molecule has 0 spiro atoms. The van der Waals surface area contributed by atoms with Crippen molar-refractivity contribution in [2.24, 2.45) is 0 Å². The van der Waals surface area contributed by atoms with E-state index >= 15 is 0 Å². The van der Waals surface area contributed by atoms with Crippen LogP contribution in [0, 0.1) is 19.7 Å². The Bertz CT molecular complexity index is 1010. The van der Waals surface area contributed by atoms with E-state index in [4.69, 9.17) is 0 Å². The zero-order valence-corrected chi connectivity index (χ0v) is 17.5. The summed E-state index contributed by atoms with van der Waals surface area (Å²) in [6, 6.07) is 14.4. The quantitative estimate of drug-likeness (QED) is 0.586. The lowest BCUT2D eigenvalue weighted by molar-refractivity contribution is 0.0925. The average molecular weight is 407 g/mol. The summed E-state index contributed by atoms with van der Waals surface area (Å²) < 4.78 is 15.3. The SMILES string of the molecule is Cc1cc(C(=O)CN2CCN(c3ccccn3)CC2)c(C)n1Cc1ccc(F)cc1. The number of anilines is 1. The molecule has 0 N–H and O–H groups in total. The molecule has 0 bridgehead atoms. The molecule has 1 aliphatic rings. The Kier molecular flexibility index (Phi) is 5.95. The Morgan fingerprint density at radius 3 is 2.43 bits per heavy atom. The van der Waals surface area contributed by atoms with Crippen LogP contribution in [-0.2, 0) is 6.54 Å². The molecule has 1 fully saturated rings. The molecule has 6 heteroatoms. The number of ketones is 1. The van der Waals surface area contributed by atoms with E-state index in [-0.39, 0.29) is 11.6 Å². The van der Waals surface area contributed by atoms with Crippen molar-refractivity contribution < 1.29 is 9.18 Å². The highest BCUT2D eigenvalue weighted by molar-refractivity contribution is 5.99. The number of Topliss-reactive ketones (excluding diaryl/α,β-unsaturated/α-hetero) is 1. The van der Waals surface area contributed by atoms with Crippen molar-refractivity contribution >= 4 is 11.6 Å². The maximum Gasteiger partial charge on any atom is 0.178 e. The summed E-state index contributed by atoms with van der Waals surface area (Å²) in [6.45, 7) is 8.49. The van der Waals surface area contributed by atoms with Gasteiger partial charge in [-0.05, 0) is 49.7 Å². The third-order valence-corrected chi connectivity index (χ3v) is 5.84. The molecule has 3 heterocycles. The minimum absolute atomic E-state index is 0.153. The summed E-state index contributed by atoms with van der Waals surface area (Å²) >= 11 is 0. The van der Waals surface area contributed by atoms with Gasteiger partial charge in [0.2, 0.25) is 0 Å². The number of aromatic nitrogens is 2. The van der Waals surface area contributed by atoms with Crippen molar-refractivity contribution in [1.29, 1.82) is 0 Å². The standard InChI is InChI=1S/C24H27FN4O/c1-18-15-22(19(2)29(18)16-20-6-8-21(25)9-7-20)23(30)17-27-11-13-28(14-12-27)24-5-3-4-10-26-24/h3-10,15H,11-14,16-17H2,1-2H3. The molecule has 0 aliphatic carbocycles. The molecule has 0 saturated carbocycles. The first-order valence-corrected chi connectivity index (χ1v) is 10.3. The van der Waals surface area contributed by atoms with Gasteiger partial charge in [0.05, 0.1) is 6.54 Å². The number of hydrogen-bond donors (Lipinski definition) is 0. The van der Waals surface area contributed by atoms with Gasteiger partial charge >= 0.3 is 0 Å². The fourth-order valence-corrected chi connectivity index (χ4v) is 4.06. The molecule has 0 radical (unpaired) electrons. The topological polar surface area (TPSA) is 41.4 Å². The number of hydrogen-bond acceptors (Lipinski definition) is 4. The second-order valence-electron chi connectivity index (χ2n) is 7.87. The van der Waals surface area contributed by atoms with Gasteiger partial charge in [0, 0.05) is 55.9 Å². The number of benzene rings is 1. The highest BCUT2D eigenvalue weighted by atomic mass is 19.1. The van der Waals surface area contributed by atoms with E-state index in [2.05, 4.69) is 19.4 Å². The molecule has 5 nitrogen and oxygen atoms in total. The van der Waals surface area contributed by atoms with Gasteiger partial charge in [-0.3, -0.25) is 9.69 Å². The lowest BCUT2D eigenvalue weighted by atomic mass is 10.1. The Hall–Kier alpha value is -2.99. The van der Waals surface area contributed by atoms with Gasteiger partial charge in [-0.15, -0.1) is 0 Å². The van der Waals surface area contributed by atoms with Gasteiger partial charge in [0.1, 0.15) is 11.6 Å². The lowest BCUT2D eigenvalue weighted by Crippen LogP contribution is -2.48. The first kappa shape index (κ1) is 20.3. The van der Waals surface area contributed by atoms with Crippen LogP contribution in [-0.4, -0.2) is 53.0 Å². The molecule has 1 aromatic carbocycles. The fraction of sp³-hybridized carbons (Fsp3) is 0.333. The van der Waals surface area contributed by atoms with E-state index in [0.29, 0.717) is 13.1 Å². The monoisotopic (exact) mass is 406 g/mol. The van der Waals surface area contributed by atoms with Crippen LogP contribution < -0.4 is 4.90 Å². The molecule has 3 aromatic rings. The molecular weight excluding hydrogens is 379 g/mol. The number of carbonyl (C=O) groups excluding carboxylic acids is 1. The van der Waals surface area contributed by atoms with Crippen molar-refractivity contribution in [2.75, 3.05) is 37.6 Å². The molecule has 0 atom stereocenters. The Morgan fingerprint density at radius 1 is 1.03 bits per heavy atom. The van der Waals surface area contributed by atoms with E-state index < -0.39 is 0 Å². The normalized spacial score (nSPS) is 14.8. The minimum Gasteiger partial charge on any atom is -0.354 e. The first-order chi connectivity index (χ1) is 14.5. The summed E-state index contributed by atoms with van der Waals surface area (Å²) in [7, 11) is 0. The Balaban J connectivity index is 1.39. The van der Waals surface area contributed by atoms with Gasteiger partial charge in [0.15, 0.2) is 5.78 Å². The first-order valence-electron chi connectivity index (χ1n) is 10.3. The second-order valence-corrected chi connectivity index (χ2v) is 7.87. The Morgan fingerprint density at radius 2 is 1.77 bits per heavy atom. The highest BCUT2D eigenvalue weighted by Gasteiger charge is 2.22. The molecule has 1 aliphatic heterocycles. The molecule has 4 rings (SSSR count). The number of pyridine rings is 1. The van der Waals surface area contributed by atoms with Crippen LogP contribution >= 0.6 is 0 Å². The number of rotatable bonds is 6. The second kappa shape index (κ2) is 8.79. The summed E-state index contributed by atoms with van der Waals surface area (Å²) in [5, 5.41) is 0. The van der Waals surface area contributed by atoms with Crippen molar-refractivity contribution in [3.63, 3.8) is 0 Å². The summed E-state index contributed by atoms with van der Waals surface area (Å²) in [5.74, 6) is 0.909. The largest absolute Gasteiger partial charge is 0.354 e. The van der Waals surface area contributed by atoms with Crippen LogP contribution in [0.3, 0.4) is 0 Å². The molecule has 2 aromatic heterocycles. The van der Waals surface area contributed by atoms with E-state index in [0.717, 1.165) is 54.5 Å². The van der Waals surface area contributed by atoms with Crippen molar-refractivity contribution in [2.45, 2.75) is 20.4 Å². The zero-order valence-electron chi connectivity index (χ0n) is 17.5. The molecule has 0 unspecified atom stereocenters. The van der Waals surface area contributed by atoms with Crippen LogP contribution in [0.25, 0.3) is 0 Å². The van der Waals surface area contributed by atoms with Gasteiger partial charge < -0.3 is 9.47 Å². The van der Waals surface area contributed by atoms with Crippen LogP contribution in [0.4, 0.5) is 10.2 Å². The molecule has 30 heavy (non-hydrogen) atoms. The van der Waals surface area contributed by atoms with E-state index in [1.165, 1.54) is 12.1 Å². The summed E-state index contributed by atoms with van der Waals surface area (Å²) in [4.78, 5) is 21.9. The maximum absolute atomic E-state index is 13.2. The number of halogens is 1. The van der Waals surface area contributed by atoms with Gasteiger partial charge in [-0.1, -0.05) is 18.2 Å². The van der Waals surface area contributed by atoms with Crippen LogP contribution in [0.5, 0.6) is 0 Å². The van der Waals surface area contributed by atoms with Gasteiger partial charge in [0.25, 0.3) is 0 Å². The number of carbonyl (C=O) groups is 1. The van der Waals surface area contributed by atoms with Gasteiger partial charge in [-0.2, -0.15) is 0 Å². The molecule has 1 saturated heterocycles. The number of piperazine rings is 1. The number of aryl methyl sites for hydroxylation is 1. The highest BCUT2D eigenvalue weighted by Crippen LogP contribution is 2.19. The average Bonchev–Trinajstić information content (AvgIpc) is 3.05. The van der Waals surface area contributed by atoms with E-state index in [1.807, 2.05) is 44.3 Å². The third kappa shape index (κ3) is 4.44. The summed E-state index contributed by atoms with van der Waals surface area (Å²) in [6.07, 6.45) is 1.81. The third-order valence-electron chi connectivity index (χ3n) is 5.84. The lowest BCUT2D eigenvalue weighted by Gasteiger charge is -2.35. The molecule has 0 amide bonds. The summed E-state index contributed by atoms with van der Waals surface area (Å²) in [5.41, 5.74) is 3.80. The van der Waals surface area contributed by atoms with Crippen LogP contribution in [0.15, 0.2) is 54.7 Å². The minimum atomic E-state index is -0.237. The van der Waals surface area contributed by atoms with Crippen molar-refractivity contribution in [3.05, 3.63) is 83.1 Å². The number of nitrogens with zero attached hydrogens (tertiary/aromatic N) is 4. The molecule has 156 valence electrons. The maximum atomic E-state index is 13.2. The zero-order chi connectivity index (χ0) is 21.1. The van der Waals surface area contributed by atoms with Crippen LogP contribution in [0.1, 0.15) is 27.3 Å². The fourth-order valence-electron chi connectivity index (χ4n) is 4.06. The van der Waals surface area contributed by atoms with Crippen molar-refractivity contribution in [1.82, 2.24) is 14.5 Å². The van der Waals surface area contributed by atoms with Crippen LogP contribution in [0.2, 0.25) is 0 Å². The smallest absolute Gasteiger partial charge is 0.178 e. The molecular formula is C24H27FN4O. The van der Waals surface area contributed by atoms with Gasteiger partial charge in [-0.25, -0.2) is 9.37 Å².